The molecule has 4 aromatic rings. The maximum absolute atomic E-state index is 12.5. The smallest absolute Gasteiger partial charge is 0.253 e. The van der Waals surface area contributed by atoms with Gasteiger partial charge in [0.15, 0.2) is 11.3 Å². The molecule has 0 saturated heterocycles. The first-order valence-electron chi connectivity index (χ1n) is 11.9. The highest BCUT2D eigenvalue weighted by Gasteiger charge is 2.24. The number of rotatable bonds is 9. The van der Waals surface area contributed by atoms with Crippen LogP contribution in [0.25, 0.3) is 17.2 Å². The second-order valence-electron chi connectivity index (χ2n) is 9.70. The van der Waals surface area contributed by atoms with Crippen LogP contribution in [0.1, 0.15) is 67.9 Å². The van der Waals surface area contributed by atoms with Gasteiger partial charge in [-0.2, -0.15) is 4.52 Å². The zero-order valence-electron chi connectivity index (χ0n) is 21.1. The molecular weight excluding hydrogens is 462 g/mol. The Bertz CT molecular complexity index is 1340. The van der Waals surface area contributed by atoms with Gasteiger partial charge in [0.05, 0.1) is 23.9 Å². The van der Waals surface area contributed by atoms with E-state index >= 15 is 0 Å². The average Bonchev–Trinajstić information content (AvgIpc) is 3.46. The summed E-state index contributed by atoms with van der Waals surface area (Å²) < 4.78 is 12.9. The number of pyridine rings is 1. The summed E-state index contributed by atoms with van der Waals surface area (Å²) in [6.07, 6.45) is 3.07. The minimum absolute atomic E-state index is 0.100. The highest BCUT2D eigenvalue weighted by atomic mass is 16.5. The maximum atomic E-state index is 12.5. The van der Waals surface area contributed by atoms with E-state index in [4.69, 9.17) is 9.26 Å². The van der Waals surface area contributed by atoms with Gasteiger partial charge in [-0.3, -0.25) is 9.78 Å². The number of aromatic nitrogens is 6. The molecule has 0 radical (unpaired) electrons. The molecule has 1 amide bonds. The number of carbonyl (C=O) groups excluding carboxylic acids is 1. The molecule has 0 aliphatic rings. The van der Waals surface area contributed by atoms with Crippen LogP contribution < -0.4 is 10.1 Å². The molecule has 0 bridgehead atoms. The quantitative estimate of drug-likeness (QED) is 0.359. The summed E-state index contributed by atoms with van der Waals surface area (Å²) in [6, 6.07) is 6.82. The van der Waals surface area contributed by atoms with Gasteiger partial charge in [0.25, 0.3) is 5.91 Å². The first-order valence-corrected chi connectivity index (χ1v) is 11.9. The third-order valence-corrected chi connectivity index (χ3v) is 5.66. The monoisotopic (exact) mass is 493 g/mol. The van der Waals surface area contributed by atoms with Crippen LogP contribution in [-0.4, -0.2) is 53.6 Å². The molecule has 190 valence electrons. The fourth-order valence-corrected chi connectivity index (χ4v) is 3.70. The molecule has 0 aliphatic carbocycles. The second-order valence-corrected chi connectivity index (χ2v) is 9.70. The van der Waals surface area contributed by atoms with Crippen molar-refractivity contribution in [3.8, 4) is 17.4 Å². The summed E-state index contributed by atoms with van der Waals surface area (Å²) in [4.78, 5) is 16.8. The lowest BCUT2D eigenvalue weighted by Gasteiger charge is -2.21. The summed E-state index contributed by atoms with van der Waals surface area (Å²) in [5, 5.41) is 29.4. The number of nitrogens with one attached hydrogen (secondary N) is 1. The fourth-order valence-electron chi connectivity index (χ4n) is 3.70. The molecule has 1 atom stereocenters. The number of hydrogen-bond acceptors (Lipinski definition) is 9. The zero-order valence-corrected chi connectivity index (χ0v) is 21.1. The zero-order chi connectivity index (χ0) is 25.9. The van der Waals surface area contributed by atoms with Crippen LogP contribution in [0.15, 0.2) is 35.0 Å². The number of ether oxygens (including phenoxy) is 1. The minimum Gasteiger partial charge on any atom is -0.470 e. The van der Waals surface area contributed by atoms with Gasteiger partial charge in [0.2, 0.25) is 11.7 Å². The third kappa shape index (κ3) is 5.51. The molecule has 2 N–H and O–H groups in total. The Hall–Kier alpha value is -3.86. The van der Waals surface area contributed by atoms with Gasteiger partial charge in [-0.15, -0.1) is 15.3 Å². The lowest BCUT2D eigenvalue weighted by molar-refractivity contribution is 0.0912. The molecule has 0 spiro atoms. The molecule has 0 saturated carbocycles. The average molecular weight is 494 g/mol. The van der Waals surface area contributed by atoms with E-state index in [-0.39, 0.29) is 30.6 Å². The van der Waals surface area contributed by atoms with Crippen molar-refractivity contribution in [3.63, 3.8) is 0 Å². The number of hydrogen-bond donors (Lipinski definition) is 2. The predicted molar refractivity (Wildman–Crippen MR) is 132 cm³/mol. The number of amides is 1. The number of aliphatic hydroxyl groups excluding tert-OH is 1. The lowest BCUT2D eigenvalue weighted by Crippen LogP contribution is -2.37. The number of aryl methyl sites for hydroxylation is 1. The molecule has 4 aromatic heterocycles. The van der Waals surface area contributed by atoms with E-state index in [9.17, 15) is 9.90 Å². The van der Waals surface area contributed by atoms with Gasteiger partial charge in [-0.05, 0) is 37.0 Å². The topological polar surface area (TPSA) is 141 Å². The van der Waals surface area contributed by atoms with Crippen LogP contribution in [0.2, 0.25) is 0 Å². The van der Waals surface area contributed by atoms with E-state index in [1.165, 1.54) is 6.20 Å². The van der Waals surface area contributed by atoms with Crippen molar-refractivity contribution in [2.75, 3.05) is 6.61 Å². The highest BCUT2D eigenvalue weighted by Crippen LogP contribution is 2.32. The Kier molecular flexibility index (Phi) is 7.30. The van der Waals surface area contributed by atoms with Gasteiger partial charge >= 0.3 is 0 Å². The van der Waals surface area contributed by atoms with Crippen LogP contribution in [0, 0.1) is 6.92 Å². The molecule has 4 rings (SSSR count). The van der Waals surface area contributed by atoms with Crippen LogP contribution in [-0.2, 0) is 12.0 Å². The van der Waals surface area contributed by atoms with Gasteiger partial charge in [0, 0.05) is 17.8 Å². The van der Waals surface area contributed by atoms with Crippen molar-refractivity contribution in [2.45, 2.75) is 65.5 Å². The van der Waals surface area contributed by atoms with Gasteiger partial charge < -0.3 is 19.7 Å². The van der Waals surface area contributed by atoms with Crippen molar-refractivity contribution >= 4 is 11.6 Å². The summed E-state index contributed by atoms with van der Waals surface area (Å²) in [5.41, 5.74) is 2.75. The molecule has 36 heavy (non-hydrogen) atoms. The van der Waals surface area contributed by atoms with Gasteiger partial charge in [-0.25, -0.2) is 0 Å². The summed E-state index contributed by atoms with van der Waals surface area (Å²) in [5.74, 6) is 1.26. The van der Waals surface area contributed by atoms with Crippen LogP contribution >= 0.6 is 0 Å². The normalized spacial score (nSPS) is 12.6. The number of fused-ring (bicyclic) bond motifs is 1. The first kappa shape index (κ1) is 25.2. The lowest BCUT2D eigenvalue weighted by atomic mass is 9.88. The van der Waals surface area contributed by atoms with Gasteiger partial charge in [-0.1, -0.05) is 39.3 Å². The van der Waals surface area contributed by atoms with E-state index in [0.717, 1.165) is 12.0 Å². The van der Waals surface area contributed by atoms with Crippen molar-refractivity contribution < 1.29 is 19.2 Å². The standard InChI is InChI=1S/C25H31N7O4/c1-6-7-17(13-33)27-23(34)16-8-9-18(26-12-16)14-35-24-19(25(3,4)5)11-21-28-29-22(32(21)30-24)20-10-15(2)36-31-20/h8-12,17,33H,6-7,13-14H2,1-5H3,(H,27,34). The Morgan fingerprint density at radius 3 is 2.67 bits per heavy atom. The summed E-state index contributed by atoms with van der Waals surface area (Å²) in [6.45, 7) is 10.1. The van der Waals surface area contributed by atoms with E-state index in [1.54, 1.807) is 29.6 Å². The van der Waals surface area contributed by atoms with Crippen LogP contribution in [0.3, 0.4) is 0 Å². The fraction of sp³-hybridized carbons (Fsp3) is 0.440. The molecule has 0 aromatic carbocycles. The molecular formula is C25H31N7O4. The molecule has 11 nitrogen and oxygen atoms in total. The first-order chi connectivity index (χ1) is 17.2. The second kappa shape index (κ2) is 10.4. The number of carbonyl (C=O) groups is 1. The molecule has 4 heterocycles. The van der Waals surface area contributed by atoms with Crippen molar-refractivity contribution in [1.29, 1.82) is 0 Å². The Labute approximate surface area is 208 Å². The molecule has 1 unspecified atom stereocenters. The largest absolute Gasteiger partial charge is 0.470 e. The molecule has 0 aliphatic heterocycles. The highest BCUT2D eigenvalue weighted by molar-refractivity contribution is 5.94. The van der Waals surface area contributed by atoms with Gasteiger partial charge in [0.1, 0.15) is 12.4 Å². The molecule has 11 heteroatoms. The van der Waals surface area contributed by atoms with E-state index in [1.807, 2.05) is 13.0 Å². The van der Waals surface area contributed by atoms with Crippen molar-refractivity contribution in [2.24, 2.45) is 0 Å². The Morgan fingerprint density at radius 1 is 1.25 bits per heavy atom. The maximum Gasteiger partial charge on any atom is 0.253 e. The van der Waals surface area contributed by atoms with Crippen molar-refractivity contribution in [1.82, 2.24) is 35.3 Å². The number of aliphatic hydroxyl groups is 1. The van der Waals surface area contributed by atoms with E-state index < -0.39 is 0 Å². The third-order valence-electron chi connectivity index (χ3n) is 5.66. The van der Waals surface area contributed by atoms with Crippen LogP contribution in [0.5, 0.6) is 5.88 Å². The molecule has 0 fully saturated rings. The Morgan fingerprint density at radius 2 is 2.06 bits per heavy atom. The van der Waals surface area contributed by atoms with E-state index in [0.29, 0.717) is 46.5 Å². The summed E-state index contributed by atoms with van der Waals surface area (Å²) >= 11 is 0. The Balaban J connectivity index is 1.55. The SMILES string of the molecule is CCCC(CO)NC(=O)c1ccc(COc2nn3c(-c4cc(C)on4)nnc3cc2C(C)(C)C)nc1. The predicted octanol–water partition coefficient (Wildman–Crippen LogP) is 3.25. The van der Waals surface area contributed by atoms with Crippen molar-refractivity contribution in [3.05, 3.63) is 53.0 Å². The summed E-state index contributed by atoms with van der Waals surface area (Å²) in [7, 11) is 0. The number of nitrogens with zero attached hydrogens (tertiary/aromatic N) is 6. The minimum atomic E-state index is -0.272. The van der Waals surface area contributed by atoms with E-state index in [2.05, 4.69) is 51.5 Å². The van der Waals surface area contributed by atoms with Crippen LogP contribution in [0.4, 0.5) is 0 Å².